The highest BCUT2D eigenvalue weighted by atomic mass is 19.4. The predicted molar refractivity (Wildman–Crippen MR) is 68.8 cm³/mol. The molecule has 0 heterocycles. The third kappa shape index (κ3) is 8.36. The number of carboxylic acids is 1. The Bertz CT molecular complexity index is 425. The molecule has 0 bridgehead atoms. The van der Waals surface area contributed by atoms with E-state index in [2.05, 4.69) is 19.9 Å². The topological polar surface area (TPSA) is 72.5 Å². The van der Waals surface area contributed by atoms with Crippen LogP contribution in [0, 0.1) is 13.8 Å². The number of hydrogen-bond donors (Lipinski definition) is 2. The van der Waals surface area contributed by atoms with Gasteiger partial charge in [0.15, 0.2) is 0 Å². The van der Waals surface area contributed by atoms with Gasteiger partial charge in [-0.15, -0.1) is 0 Å². The van der Waals surface area contributed by atoms with Gasteiger partial charge in [0.1, 0.15) is 12.4 Å². The van der Waals surface area contributed by atoms with E-state index in [1.807, 2.05) is 19.1 Å². The maximum absolute atomic E-state index is 10.6. The molecule has 1 atom stereocenters. The molecule has 1 aromatic rings. The summed E-state index contributed by atoms with van der Waals surface area (Å²) < 4.78 is 37.2. The van der Waals surface area contributed by atoms with Gasteiger partial charge in [0.2, 0.25) is 0 Å². The standard InChI is InChI=1S/C11H17NO.C2HF3O2/c1-8-4-9(2)6-11(5-8)13-7-10(3)12;3-2(4,5)1(6)7/h4-6,10H,7,12H2,1-3H3;(H,6,7)/t10-;/m1./s1. The summed E-state index contributed by atoms with van der Waals surface area (Å²) in [6, 6.07) is 6.25. The van der Waals surface area contributed by atoms with Crippen LogP contribution in [0.3, 0.4) is 0 Å². The molecule has 0 spiro atoms. The van der Waals surface area contributed by atoms with E-state index >= 15 is 0 Å². The Hall–Kier alpha value is -1.76. The summed E-state index contributed by atoms with van der Waals surface area (Å²) in [6.07, 6.45) is -5.08. The second kappa shape index (κ2) is 7.74. The lowest BCUT2D eigenvalue weighted by molar-refractivity contribution is -0.192. The lowest BCUT2D eigenvalue weighted by Crippen LogP contribution is -2.23. The number of rotatable bonds is 3. The first-order valence-corrected chi connectivity index (χ1v) is 5.79. The highest BCUT2D eigenvalue weighted by Gasteiger charge is 2.38. The fourth-order valence-electron chi connectivity index (χ4n) is 1.24. The fourth-order valence-corrected chi connectivity index (χ4v) is 1.24. The molecule has 0 aliphatic carbocycles. The van der Waals surface area contributed by atoms with E-state index in [0.717, 1.165) is 5.75 Å². The number of alkyl halides is 3. The second-order valence-electron chi connectivity index (χ2n) is 4.41. The van der Waals surface area contributed by atoms with Crippen molar-refractivity contribution in [3.05, 3.63) is 29.3 Å². The minimum absolute atomic E-state index is 0.0841. The van der Waals surface area contributed by atoms with Gasteiger partial charge in [-0.2, -0.15) is 13.2 Å². The van der Waals surface area contributed by atoms with E-state index in [-0.39, 0.29) is 6.04 Å². The number of carboxylic acid groups (broad SMARTS) is 1. The normalized spacial score (nSPS) is 12.2. The van der Waals surface area contributed by atoms with Crippen LogP contribution in [0.15, 0.2) is 18.2 Å². The monoisotopic (exact) mass is 293 g/mol. The SMILES string of the molecule is Cc1cc(C)cc(OC[C@@H](C)N)c1.O=C(O)C(F)(F)F. The van der Waals surface area contributed by atoms with Crippen molar-refractivity contribution in [1.29, 1.82) is 0 Å². The number of nitrogens with two attached hydrogens (primary N) is 1. The third-order valence-corrected chi connectivity index (χ3v) is 1.95. The molecule has 0 amide bonds. The Morgan fingerprint density at radius 3 is 2.00 bits per heavy atom. The molecule has 114 valence electrons. The summed E-state index contributed by atoms with van der Waals surface area (Å²) in [7, 11) is 0. The van der Waals surface area contributed by atoms with Gasteiger partial charge in [0, 0.05) is 6.04 Å². The number of halogens is 3. The second-order valence-corrected chi connectivity index (χ2v) is 4.41. The van der Waals surface area contributed by atoms with Crippen molar-refractivity contribution in [3.63, 3.8) is 0 Å². The molecule has 0 saturated heterocycles. The Kier molecular flexibility index (Phi) is 7.06. The molecule has 0 radical (unpaired) electrons. The van der Waals surface area contributed by atoms with Crippen LogP contribution in [0.4, 0.5) is 13.2 Å². The first-order chi connectivity index (χ1) is 9.02. The van der Waals surface area contributed by atoms with Crippen LogP contribution in [0.5, 0.6) is 5.75 Å². The zero-order valence-electron chi connectivity index (χ0n) is 11.5. The first-order valence-electron chi connectivity index (χ1n) is 5.79. The summed E-state index contributed by atoms with van der Waals surface area (Å²) in [6.45, 7) is 6.63. The van der Waals surface area contributed by atoms with E-state index in [1.54, 1.807) is 0 Å². The number of ether oxygens (including phenoxy) is 1. The Morgan fingerprint density at radius 1 is 1.30 bits per heavy atom. The highest BCUT2D eigenvalue weighted by molar-refractivity contribution is 5.73. The van der Waals surface area contributed by atoms with Crippen molar-refractivity contribution in [2.24, 2.45) is 5.73 Å². The van der Waals surface area contributed by atoms with Crippen LogP contribution >= 0.6 is 0 Å². The van der Waals surface area contributed by atoms with E-state index in [9.17, 15) is 13.2 Å². The molecule has 0 aliphatic rings. The van der Waals surface area contributed by atoms with Gasteiger partial charge in [-0.05, 0) is 44.0 Å². The molecule has 4 nitrogen and oxygen atoms in total. The number of hydrogen-bond acceptors (Lipinski definition) is 3. The molecule has 0 fully saturated rings. The van der Waals surface area contributed by atoms with Gasteiger partial charge < -0.3 is 15.6 Å². The lowest BCUT2D eigenvalue weighted by Gasteiger charge is -2.09. The van der Waals surface area contributed by atoms with Gasteiger partial charge in [-0.1, -0.05) is 6.07 Å². The predicted octanol–water partition coefficient (Wildman–Crippen LogP) is 2.66. The number of benzene rings is 1. The molecule has 0 aromatic heterocycles. The maximum atomic E-state index is 10.6. The van der Waals surface area contributed by atoms with Gasteiger partial charge in [0.05, 0.1) is 0 Å². The van der Waals surface area contributed by atoms with Crippen molar-refractivity contribution in [3.8, 4) is 5.75 Å². The molecule has 0 aliphatic heterocycles. The summed E-state index contributed by atoms with van der Waals surface area (Å²) in [5.74, 6) is -1.85. The summed E-state index contributed by atoms with van der Waals surface area (Å²) in [5.41, 5.74) is 8.04. The molecular formula is C13H18F3NO3. The van der Waals surface area contributed by atoms with Crippen LogP contribution < -0.4 is 10.5 Å². The third-order valence-electron chi connectivity index (χ3n) is 1.95. The molecule has 0 saturated carbocycles. The van der Waals surface area contributed by atoms with Gasteiger partial charge >= 0.3 is 12.1 Å². The Labute approximate surface area is 115 Å². The van der Waals surface area contributed by atoms with Crippen molar-refractivity contribution in [2.45, 2.75) is 33.0 Å². The van der Waals surface area contributed by atoms with Crippen LogP contribution in [0.25, 0.3) is 0 Å². The molecule has 0 unspecified atom stereocenters. The lowest BCUT2D eigenvalue weighted by atomic mass is 10.1. The molecule has 1 aromatic carbocycles. The van der Waals surface area contributed by atoms with E-state index < -0.39 is 12.1 Å². The molecule has 7 heteroatoms. The van der Waals surface area contributed by atoms with Crippen LogP contribution in [0.1, 0.15) is 18.1 Å². The van der Waals surface area contributed by atoms with Gasteiger partial charge in [-0.3, -0.25) is 0 Å². The average molecular weight is 293 g/mol. The smallest absolute Gasteiger partial charge is 0.490 e. The minimum Gasteiger partial charge on any atom is -0.492 e. The average Bonchev–Trinajstić information content (AvgIpc) is 2.24. The van der Waals surface area contributed by atoms with E-state index in [1.165, 1.54) is 11.1 Å². The highest BCUT2D eigenvalue weighted by Crippen LogP contribution is 2.16. The van der Waals surface area contributed by atoms with E-state index in [4.69, 9.17) is 20.4 Å². The fraction of sp³-hybridized carbons (Fsp3) is 0.462. The zero-order valence-corrected chi connectivity index (χ0v) is 11.5. The van der Waals surface area contributed by atoms with Gasteiger partial charge in [0.25, 0.3) is 0 Å². The molecule has 1 rings (SSSR count). The quantitative estimate of drug-likeness (QED) is 0.898. The molecule has 20 heavy (non-hydrogen) atoms. The van der Waals surface area contributed by atoms with E-state index in [0.29, 0.717) is 6.61 Å². The largest absolute Gasteiger partial charge is 0.492 e. The first kappa shape index (κ1) is 18.2. The number of aliphatic carboxylic acids is 1. The number of carbonyl (C=O) groups is 1. The molecule has 3 N–H and O–H groups in total. The Morgan fingerprint density at radius 2 is 1.70 bits per heavy atom. The summed E-state index contributed by atoms with van der Waals surface area (Å²) in [4.78, 5) is 8.90. The minimum atomic E-state index is -5.08. The van der Waals surface area contributed by atoms with Crippen LogP contribution in [0.2, 0.25) is 0 Å². The van der Waals surface area contributed by atoms with Crippen LogP contribution in [-0.4, -0.2) is 29.9 Å². The van der Waals surface area contributed by atoms with Crippen molar-refractivity contribution in [2.75, 3.05) is 6.61 Å². The van der Waals surface area contributed by atoms with Gasteiger partial charge in [-0.25, -0.2) is 4.79 Å². The molecular weight excluding hydrogens is 275 g/mol. The zero-order chi connectivity index (χ0) is 15.9. The summed E-state index contributed by atoms with van der Waals surface area (Å²) in [5, 5.41) is 7.12. The summed E-state index contributed by atoms with van der Waals surface area (Å²) >= 11 is 0. The van der Waals surface area contributed by atoms with Crippen LogP contribution in [-0.2, 0) is 4.79 Å². The maximum Gasteiger partial charge on any atom is 0.490 e. The van der Waals surface area contributed by atoms with Crippen molar-refractivity contribution < 1.29 is 27.8 Å². The number of aryl methyl sites for hydroxylation is 2. The van der Waals surface area contributed by atoms with Crippen molar-refractivity contribution in [1.82, 2.24) is 0 Å². The Balaban J connectivity index is 0.000000441. The van der Waals surface area contributed by atoms with Crippen molar-refractivity contribution >= 4 is 5.97 Å².